The van der Waals surface area contributed by atoms with Crippen molar-refractivity contribution in [3.05, 3.63) is 71.2 Å². The number of carbonyl (C=O) groups is 1. The van der Waals surface area contributed by atoms with Crippen LogP contribution < -0.4 is 21.7 Å². The van der Waals surface area contributed by atoms with E-state index < -0.39 is 5.82 Å². The Hall–Kier alpha value is -3.37. The van der Waals surface area contributed by atoms with E-state index in [2.05, 4.69) is 5.43 Å². The number of nitriles is 1. The number of halogens is 1. The third-order valence-electron chi connectivity index (χ3n) is 3.21. The summed E-state index contributed by atoms with van der Waals surface area (Å²) in [7, 11) is 0. The first-order chi connectivity index (χ1) is 11.5. The second kappa shape index (κ2) is 7.76. The number of ketones is 1. The number of benzene rings is 2. The summed E-state index contributed by atoms with van der Waals surface area (Å²) in [6.07, 6.45) is 0. The topological polar surface area (TPSA) is 114 Å². The molecule has 24 heavy (non-hydrogen) atoms. The van der Waals surface area contributed by atoms with Crippen LogP contribution in [0.2, 0.25) is 0 Å². The van der Waals surface area contributed by atoms with Crippen molar-refractivity contribution in [3.63, 3.8) is 0 Å². The molecule has 5 N–H and O–H groups in total. The average molecular weight is 326 g/mol. The van der Waals surface area contributed by atoms with E-state index in [1.807, 2.05) is 6.07 Å². The van der Waals surface area contributed by atoms with Crippen molar-refractivity contribution >= 4 is 11.5 Å². The monoisotopic (exact) mass is 326 g/mol. The van der Waals surface area contributed by atoms with E-state index >= 15 is 0 Å². The second-order valence-corrected chi connectivity index (χ2v) is 4.79. The summed E-state index contributed by atoms with van der Waals surface area (Å²) in [5.74, 6) is 4.92. The maximum Gasteiger partial charge on any atom is 0.200 e. The molecular weight excluding hydrogens is 311 g/mol. The number of nitrogens with zero attached hydrogens (tertiary/aromatic N) is 1. The summed E-state index contributed by atoms with van der Waals surface area (Å²) in [6, 6.07) is 13.6. The summed E-state index contributed by atoms with van der Waals surface area (Å²) in [5, 5.41) is 8.92. The van der Waals surface area contributed by atoms with Gasteiger partial charge in [-0.3, -0.25) is 4.79 Å². The van der Waals surface area contributed by atoms with Crippen molar-refractivity contribution in [2.45, 2.75) is 0 Å². The van der Waals surface area contributed by atoms with Crippen LogP contribution in [0.1, 0.15) is 15.9 Å². The summed E-state index contributed by atoms with van der Waals surface area (Å²) in [5.41, 5.74) is 9.12. The van der Waals surface area contributed by atoms with E-state index in [1.54, 1.807) is 24.3 Å². The van der Waals surface area contributed by atoms with E-state index in [9.17, 15) is 9.18 Å². The lowest BCUT2D eigenvalue weighted by molar-refractivity contribution is 0.0921. The highest BCUT2D eigenvalue weighted by molar-refractivity contribution is 5.97. The fraction of sp³-hybridized carbons (Fsp3) is 0.0588. The Morgan fingerprint density at radius 3 is 2.54 bits per heavy atom. The Balaban J connectivity index is 2.10. The smallest absolute Gasteiger partial charge is 0.200 e. The molecule has 0 saturated heterocycles. The van der Waals surface area contributed by atoms with Gasteiger partial charge in [0.1, 0.15) is 17.6 Å². The van der Waals surface area contributed by atoms with Gasteiger partial charge in [-0.25, -0.2) is 10.2 Å². The van der Waals surface area contributed by atoms with Gasteiger partial charge in [-0.05, 0) is 36.4 Å². The van der Waals surface area contributed by atoms with Crippen LogP contribution >= 0.6 is 0 Å². The minimum absolute atomic E-state index is 0.0227. The average Bonchev–Trinajstić information content (AvgIpc) is 2.61. The minimum atomic E-state index is -0.413. The number of hydrogen-bond acceptors (Lipinski definition) is 6. The predicted octanol–water partition coefficient (Wildman–Crippen LogP) is 1.70. The zero-order valence-corrected chi connectivity index (χ0v) is 12.6. The Kier molecular flexibility index (Phi) is 5.49. The third-order valence-corrected chi connectivity index (χ3v) is 3.21. The van der Waals surface area contributed by atoms with Crippen LogP contribution in [0.25, 0.3) is 5.70 Å². The van der Waals surface area contributed by atoms with Crippen LogP contribution in [0.3, 0.4) is 0 Å². The van der Waals surface area contributed by atoms with Gasteiger partial charge in [0.15, 0.2) is 18.1 Å². The fourth-order valence-corrected chi connectivity index (χ4v) is 1.94. The standard InChI is InChI=1S/C17H15FN4O2/c18-13-6-4-11(5-7-13)16(23)10-24-14-3-1-2-12(8-14)17(20)15(9-19)22-21/h1-8,22H,10,20-21H2/b17-15-. The molecule has 2 aromatic rings. The highest BCUT2D eigenvalue weighted by Gasteiger charge is 2.09. The number of nitrogens with one attached hydrogen (secondary N) is 1. The quantitative estimate of drug-likeness (QED) is 0.322. The van der Waals surface area contributed by atoms with Crippen LogP contribution in [0.4, 0.5) is 4.39 Å². The van der Waals surface area contributed by atoms with Gasteiger partial charge in [-0.15, -0.1) is 0 Å². The van der Waals surface area contributed by atoms with Crippen molar-refractivity contribution in [2.24, 2.45) is 11.6 Å². The van der Waals surface area contributed by atoms with Crippen LogP contribution in [0, 0.1) is 17.1 Å². The first-order valence-electron chi connectivity index (χ1n) is 6.93. The Morgan fingerprint density at radius 1 is 1.21 bits per heavy atom. The Labute approximate surface area is 138 Å². The maximum absolute atomic E-state index is 12.8. The van der Waals surface area contributed by atoms with Gasteiger partial charge in [-0.2, -0.15) is 5.26 Å². The molecule has 0 fully saturated rings. The third kappa shape index (κ3) is 4.09. The van der Waals surface area contributed by atoms with E-state index in [1.165, 1.54) is 24.3 Å². The van der Waals surface area contributed by atoms with Crippen LogP contribution in [0.5, 0.6) is 5.75 Å². The van der Waals surface area contributed by atoms with Gasteiger partial charge < -0.3 is 15.9 Å². The number of hydrazine groups is 1. The Morgan fingerprint density at radius 2 is 1.92 bits per heavy atom. The molecular formula is C17H15FN4O2. The molecule has 7 heteroatoms. The first kappa shape index (κ1) is 17.0. The van der Waals surface area contributed by atoms with Crippen molar-refractivity contribution in [1.82, 2.24) is 5.43 Å². The largest absolute Gasteiger partial charge is 0.485 e. The molecule has 0 spiro atoms. The lowest BCUT2D eigenvalue weighted by Gasteiger charge is -2.09. The summed E-state index contributed by atoms with van der Waals surface area (Å²) >= 11 is 0. The predicted molar refractivity (Wildman–Crippen MR) is 86.7 cm³/mol. The highest BCUT2D eigenvalue weighted by atomic mass is 19.1. The molecule has 0 saturated carbocycles. The molecule has 0 radical (unpaired) electrons. The van der Waals surface area contributed by atoms with Gasteiger partial charge in [0.25, 0.3) is 0 Å². The summed E-state index contributed by atoms with van der Waals surface area (Å²) in [4.78, 5) is 12.0. The van der Waals surface area contributed by atoms with Gasteiger partial charge >= 0.3 is 0 Å². The molecule has 6 nitrogen and oxygen atoms in total. The van der Waals surface area contributed by atoms with Crippen molar-refractivity contribution in [1.29, 1.82) is 5.26 Å². The second-order valence-electron chi connectivity index (χ2n) is 4.79. The molecule has 0 amide bonds. The van der Waals surface area contributed by atoms with Crippen molar-refractivity contribution < 1.29 is 13.9 Å². The Bertz CT molecular complexity index is 810. The molecule has 0 unspecified atom stereocenters. The number of allylic oxidation sites excluding steroid dienone is 1. The summed E-state index contributed by atoms with van der Waals surface area (Å²) < 4.78 is 18.3. The van der Waals surface area contributed by atoms with Crippen molar-refractivity contribution in [3.8, 4) is 11.8 Å². The molecule has 0 aliphatic rings. The number of carbonyl (C=O) groups excluding carboxylic acids is 1. The van der Waals surface area contributed by atoms with Crippen LogP contribution in [-0.4, -0.2) is 12.4 Å². The van der Waals surface area contributed by atoms with Gasteiger partial charge in [-0.1, -0.05) is 12.1 Å². The minimum Gasteiger partial charge on any atom is -0.485 e. The zero-order chi connectivity index (χ0) is 17.5. The molecule has 0 bridgehead atoms. The van der Waals surface area contributed by atoms with E-state index in [-0.39, 0.29) is 23.8 Å². The zero-order valence-electron chi connectivity index (χ0n) is 12.6. The van der Waals surface area contributed by atoms with E-state index in [4.69, 9.17) is 21.6 Å². The SMILES string of the molecule is N#C/C(NN)=C(/N)c1cccc(OCC(=O)c2ccc(F)cc2)c1. The molecule has 0 heterocycles. The fourth-order valence-electron chi connectivity index (χ4n) is 1.94. The van der Waals surface area contributed by atoms with E-state index in [0.717, 1.165) is 0 Å². The summed E-state index contributed by atoms with van der Waals surface area (Å²) in [6.45, 7) is -0.209. The molecule has 122 valence electrons. The van der Waals surface area contributed by atoms with Crippen molar-refractivity contribution in [2.75, 3.05) is 6.61 Å². The van der Waals surface area contributed by atoms with E-state index in [0.29, 0.717) is 16.9 Å². The molecule has 2 rings (SSSR count). The van der Waals surface area contributed by atoms with Crippen LogP contribution in [0.15, 0.2) is 54.2 Å². The maximum atomic E-state index is 12.8. The van der Waals surface area contributed by atoms with Gasteiger partial charge in [0.2, 0.25) is 0 Å². The molecule has 0 atom stereocenters. The molecule has 0 aliphatic heterocycles. The number of hydrogen-bond donors (Lipinski definition) is 3. The normalized spacial score (nSPS) is 11.2. The molecule has 0 aromatic heterocycles. The van der Waals surface area contributed by atoms with Gasteiger partial charge in [0.05, 0.1) is 5.70 Å². The highest BCUT2D eigenvalue weighted by Crippen LogP contribution is 2.19. The lowest BCUT2D eigenvalue weighted by atomic mass is 10.1. The molecule has 0 aliphatic carbocycles. The van der Waals surface area contributed by atoms with Gasteiger partial charge in [0, 0.05) is 11.1 Å². The number of nitrogens with two attached hydrogens (primary N) is 2. The number of Topliss-reactive ketones (excluding diaryl/α,β-unsaturated/α-hetero) is 1. The number of ether oxygens (including phenoxy) is 1. The van der Waals surface area contributed by atoms with Crippen LogP contribution in [-0.2, 0) is 0 Å². The first-order valence-corrected chi connectivity index (χ1v) is 6.93. The lowest BCUT2D eigenvalue weighted by Crippen LogP contribution is -2.23. The molecule has 2 aromatic carbocycles. The number of rotatable bonds is 6.